The zero-order valence-corrected chi connectivity index (χ0v) is 13.3. The number of aliphatic hydroxyl groups is 1. The second-order valence-electron chi connectivity index (χ2n) is 6.18. The molecule has 1 aliphatic heterocycles. The third-order valence-corrected chi connectivity index (χ3v) is 3.92. The Bertz CT molecular complexity index is 862. The van der Waals surface area contributed by atoms with E-state index in [0.29, 0.717) is 23.3 Å². The zero-order valence-electron chi connectivity index (χ0n) is 13.3. The van der Waals surface area contributed by atoms with E-state index >= 15 is 0 Å². The number of phenols is 2. The van der Waals surface area contributed by atoms with Gasteiger partial charge in [-0.2, -0.15) is 0 Å². The largest absolute Gasteiger partial charge is 0.504 e. The standard InChI is InChI=1S/C18H18O6/c1-10-9-18(2,22)24-15-8-12(23-17(21)16(10)15)5-3-11-4-6-13(19)14(20)7-11/h3-8,10,19-20,22H,9H2,1-2H3/b5-3+/t10-,18-/m1/s1. The summed E-state index contributed by atoms with van der Waals surface area (Å²) in [5, 5.41) is 28.9. The fourth-order valence-corrected chi connectivity index (χ4v) is 2.88. The van der Waals surface area contributed by atoms with E-state index in [1.165, 1.54) is 12.1 Å². The molecule has 24 heavy (non-hydrogen) atoms. The Balaban J connectivity index is 1.95. The van der Waals surface area contributed by atoms with Crippen LogP contribution in [0.15, 0.2) is 33.5 Å². The van der Waals surface area contributed by atoms with Gasteiger partial charge in [0.1, 0.15) is 11.5 Å². The Labute approximate surface area is 138 Å². The van der Waals surface area contributed by atoms with Crippen molar-refractivity contribution in [1.29, 1.82) is 0 Å². The number of benzene rings is 1. The van der Waals surface area contributed by atoms with Gasteiger partial charge in [-0.3, -0.25) is 0 Å². The summed E-state index contributed by atoms with van der Waals surface area (Å²) in [6.07, 6.45) is 3.48. The predicted molar refractivity (Wildman–Crippen MR) is 88.0 cm³/mol. The van der Waals surface area contributed by atoms with Crippen LogP contribution in [0.1, 0.15) is 43.1 Å². The molecule has 6 heteroatoms. The molecule has 2 aromatic rings. The van der Waals surface area contributed by atoms with Crippen molar-refractivity contribution in [1.82, 2.24) is 0 Å². The summed E-state index contributed by atoms with van der Waals surface area (Å²) in [5.74, 6) is -1.38. The molecule has 2 heterocycles. The lowest BCUT2D eigenvalue weighted by Crippen LogP contribution is -2.39. The molecule has 0 amide bonds. The maximum atomic E-state index is 12.2. The van der Waals surface area contributed by atoms with Crippen LogP contribution in [-0.2, 0) is 0 Å². The molecule has 1 aliphatic rings. The van der Waals surface area contributed by atoms with Gasteiger partial charge in [0.25, 0.3) is 0 Å². The van der Waals surface area contributed by atoms with Gasteiger partial charge in [0.15, 0.2) is 11.5 Å². The Morgan fingerprint density at radius 2 is 1.96 bits per heavy atom. The van der Waals surface area contributed by atoms with E-state index in [1.807, 2.05) is 6.92 Å². The molecule has 0 spiro atoms. The molecule has 0 aliphatic carbocycles. The number of aromatic hydroxyl groups is 2. The number of phenolic OH excluding ortho intramolecular Hbond substituents is 2. The SMILES string of the molecule is C[C@@H]1C[C@](C)(O)Oc2cc(/C=C/c3ccc(O)c(O)c3)oc(=O)c21. The molecule has 1 aromatic carbocycles. The van der Waals surface area contributed by atoms with Crippen LogP contribution in [0.3, 0.4) is 0 Å². The van der Waals surface area contributed by atoms with Crippen LogP contribution < -0.4 is 10.4 Å². The van der Waals surface area contributed by atoms with Crippen molar-refractivity contribution >= 4 is 12.2 Å². The highest BCUT2D eigenvalue weighted by molar-refractivity contribution is 5.69. The maximum Gasteiger partial charge on any atom is 0.343 e. The first-order chi connectivity index (χ1) is 11.2. The number of hydrogen-bond acceptors (Lipinski definition) is 6. The minimum atomic E-state index is -1.33. The minimum Gasteiger partial charge on any atom is -0.504 e. The molecule has 0 fully saturated rings. The summed E-state index contributed by atoms with van der Waals surface area (Å²) < 4.78 is 10.8. The van der Waals surface area contributed by atoms with Gasteiger partial charge in [-0.1, -0.05) is 19.1 Å². The van der Waals surface area contributed by atoms with Crippen LogP contribution in [0.2, 0.25) is 0 Å². The van der Waals surface area contributed by atoms with E-state index in [0.717, 1.165) is 0 Å². The average molecular weight is 330 g/mol. The topological polar surface area (TPSA) is 100 Å². The lowest BCUT2D eigenvalue weighted by molar-refractivity contribution is -0.139. The molecule has 3 rings (SSSR count). The van der Waals surface area contributed by atoms with Crippen LogP contribution in [0, 0.1) is 0 Å². The van der Waals surface area contributed by atoms with Crippen LogP contribution in [0.5, 0.6) is 17.2 Å². The summed E-state index contributed by atoms with van der Waals surface area (Å²) in [4.78, 5) is 12.2. The molecule has 1 aromatic heterocycles. The highest BCUT2D eigenvalue weighted by Gasteiger charge is 2.35. The van der Waals surface area contributed by atoms with Gasteiger partial charge in [0.05, 0.1) is 5.56 Å². The number of ether oxygens (including phenoxy) is 1. The summed E-state index contributed by atoms with van der Waals surface area (Å²) in [6, 6.07) is 5.90. The molecule has 0 bridgehead atoms. The molecule has 126 valence electrons. The van der Waals surface area contributed by atoms with E-state index in [-0.39, 0.29) is 23.2 Å². The smallest absolute Gasteiger partial charge is 0.343 e. The van der Waals surface area contributed by atoms with Crippen molar-refractivity contribution in [3.8, 4) is 17.2 Å². The van der Waals surface area contributed by atoms with Gasteiger partial charge >= 0.3 is 5.63 Å². The Kier molecular flexibility index (Phi) is 3.85. The van der Waals surface area contributed by atoms with Gasteiger partial charge in [0, 0.05) is 19.4 Å². The lowest BCUT2D eigenvalue weighted by Gasteiger charge is -2.33. The minimum absolute atomic E-state index is 0.174. The molecule has 0 unspecified atom stereocenters. The Hall–Kier alpha value is -2.73. The summed E-state index contributed by atoms with van der Waals surface area (Å²) in [6.45, 7) is 3.39. The summed E-state index contributed by atoms with van der Waals surface area (Å²) in [5.41, 5.74) is 0.539. The average Bonchev–Trinajstić information content (AvgIpc) is 2.46. The first-order valence-electron chi connectivity index (χ1n) is 7.55. The van der Waals surface area contributed by atoms with Crippen LogP contribution in [0.25, 0.3) is 12.2 Å². The fourth-order valence-electron chi connectivity index (χ4n) is 2.88. The van der Waals surface area contributed by atoms with Crippen molar-refractivity contribution < 1.29 is 24.5 Å². The fraction of sp³-hybridized carbons (Fsp3) is 0.278. The summed E-state index contributed by atoms with van der Waals surface area (Å²) >= 11 is 0. The van der Waals surface area contributed by atoms with Gasteiger partial charge < -0.3 is 24.5 Å². The van der Waals surface area contributed by atoms with Crippen molar-refractivity contribution in [2.45, 2.75) is 32.0 Å². The quantitative estimate of drug-likeness (QED) is 0.732. The van der Waals surface area contributed by atoms with Crippen LogP contribution in [0.4, 0.5) is 0 Å². The van der Waals surface area contributed by atoms with Crippen molar-refractivity contribution in [3.05, 3.63) is 51.6 Å². The number of fused-ring (bicyclic) bond motifs is 1. The molecule has 0 radical (unpaired) electrons. The third-order valence-electron chi connectivity index (χ3n) is 3.92. The number of rotatable bonds is 2. The van der Waals surface area contributed by atoms with Crippen molar-refractivity contribution in [2.75, 3.05) is 0 Å². The number of hydrogen-bond donors (Lipinski definition) is 3. The first kappa shape index (κ1) is 16.1. The van der Waals surface area contributed by atoms with Gasteiger partial charge in [-0.05, 0) is 29.7 Å². The zero-order chi connectivity index (χ0) is 17.5. The first-order valence-corrected chi connectivity index (χ1v) is 7.55. The molecular formula is C18H18O6. The summed E-state index contributed by atoms with van der Waals surface area (Å²) in [7, 11) is 0. The van der Waals surface area contributed by atoms with E-state index < -0.39 is 11.4 Å². The molecule has 2 atom stereocenters. The molecule has 6 nitrogen and oxygen atoms in total. The molecule has 3 N–H and O–H groups in total. The normalized spacial score (nSPS) is 23.0. The predicted octanol–water partition coefficient (Wildman–Crippen LogP) is 2.82. The molecule has 0 saturated heterocycles. The highest BCUT2D eigenvalue weighted by Crippen LogP contribution is 2.38. The third kappa shape index (κ3) is 3.14. The molecule has 0 saturated carbocycles. The Morgan fingerprint density at radius 3 is 2.67 bits per heavy atom. The van der Waals surface area contributed by atoms with E-state index in [4.69, 9.17) is 9.15 Å². The second-order valence-corrected chi connectivity index (χ2v) is 6.18. The van der Waals surface area contributed by atoms with Crippen LogP contribution in [-0.4, -0.2) is 21.1 Å². The van der Waals surface area contributed by atoms with E-state index in [2.05, 4.69) is 0 Å². The monoisotopic (exact) mass is 330 g/mol. The van der Waals surface area contributed by atoms with Crippen LogP contribution >= 0.6 is 0 Å². The second kappa shape index (κ2) is 5.72. The van der Waals surface area contributed by atoms with E-state index in [9.17, 15) is 20.1 Å². The highest BCUT2D eigenvalue weighted by atomic mass is 16.6. The van der Waals surface area contributed by atoms with Crippen molar-refractivity contribution in [2.24, 2.45) is 0 Å². The maximum absolute atomic E-state index is 12.2. The molecular weight excluding hydrogens is 312 g/mol. The van der Waals surface area contributed by atoms with Gasteiger partial charge in [0.2, 0.25) is 5.79 Å². The van der Waals surface area contributed by atoms with Crippen molar-refractivity contribution in [3.63, 3.8) is 0 Å². The lowest BCUT2D eigenvalue weighted by atomic mass is 9.91. The Morgan fingerprint density at radius 1 is 1.21 bits per heavy atom. The van der Waals surface area contributed by atoms with Gasteiger partial charge in [-0.15, -0.1) is 0 Å². The van der Waals surface area contributed by atoms with Gasteiger partial charge in [-0.25, -0.2) is 4.79 Å². The van der Waals surface area contributed by atoms with E-state index in [1.54, 1.807) is 31.2 Å².